The van der Waals surface area contributed by atoms with E-state index in [0.717, 1.165) is 35.7 Å². The molecular formula is C25H33F2N3O4Si. The van der Waals surface area contributed by atoms with Gasteiger partial charge in [0.1, 0.15) is 6.73 Å². The van der Waals surface area contributed by atoms with Crippen LogP contribution >= 0.6 is 0 Å². The lowest BCUT2D eigenvalue weighted by molar-refractivity contribution is -0.0516. The summed E-state index contributed by atoms with van der Waals surface area (Å²) >= 11 is 0. The van der Waals surface area contributed by atoms with E-state index in [-0.39, 0.29) is 35.8 Å². The molecule has 0 saturated heterocycles. The van der Waals surface area contributed by atoms with Gasteiger partial charge in [-0.15, -0.1) is 0 Å². The Morgan fingerprint density at radius 2 is 1.94 bits per heavy atom. The lowest BCUT2D eigenvalue weighted by Gasteiger charge is -2.15. The summed E-state index contributed by atoms with van der Waals surface area (Å²) in [4.78, 5) is 16.7. The van der Waals surface area contributed by atoms with E-state index >= 15 is 0 Å². The van der Waals surface area contributed by atoms with Gasteiger partial charge in [-0.1, -0.05) is 33.5 Å². The van der Waals surface area contributed by atoms with Gasteiger partial charge in [0.05, 0.1) is 28.9 Å². The molecule has 0 unspecified atom stereocenters. The number of alkyl halides is 2. The molecule has 0 radical (unpaired) electrons. The second kappa shape index (κ2) is 10.1. The third-order valence-electron chi connectivity index (χ3n) is 5.90. The first kappa shape index (κ1) is 25.4. The summed E-state index contributed by atoms with van der Waals surface area (Å²) in [6, 6.07) is 5.88. The van der Waals surface area contributed by atoms with Crippen LogP contribution in [0.25, 0.3) is 22.2 Å². The third kappa shape index (κ3) is 6.10. The van der Waals surface area contributed by atoms with Crippen molar-refractivity contribution in [3.63, 3.8) is 0 Å². The Kier molecular flexibility index (Phi) is 7.32. The summed E-state index contributed by atoms with van der Waals surface area (Å²) in [6.07, 6.45) is 3.40. The van der Waals surface area contributed by atoms with Gasteiger partial charge in [-0.25, -0.2) is 4.68 Å². The quantitative estimate of drug-likeness (QED) is 0.257. The molecule has 4 rings (SSSR count). The fraction of sp³-hybridized carbons (Fsp3) is 0.520. The van der Waals surface area contributed by atoms with Crippen LogP contribution in [0.5, 0.6) is 11.5 Å². The van der Waals surface area contributed by atoms with Crippen molar-refractivity contribution in [3.8, 4) is 22.8 Å². The van der Waals surface area contributed by atoms with Gasteiger partial charge >= 0.3 is 6.61 Å². The van der Waals surface area contributed by atoms with Gasteiger partial charge in [0.2, 0.25) is 0 Å². The molecule has 1 aliphatic carbocycles. The summed E-state index contributed by atoms with van der Waals surface area (Å²) in [5, 5.41) is 4.84. The first-order chi connectivity index (χ1) is 16.5. The molecular weight excluding hydrogens is 472 g/mol. The Bertz CT molecular complexity index is 1250. The van der Waals surface area contributed by atoms with Gasteiger partial charge in [-0.05, 0) is 48.6 Å². The maximum Gasteiger partial charge on any atom is 0.387 e. The minimum atomic E-state index is -2.95. The summed E-state index contributed by atoms with van der Waals surface area (Å²) in [5.41, 5.74) is 2.68. The highest BCUT2D eigenvalue weighted by molar-refractivity contribution is 6.76. The van der Waals surface area contributed by atoms with E-state index in [1.807, 2.05) is 13.8 Å². The molecule has 2 aromatic heterocycles. The normalized spacial score (nSPS) is 14.3. The lowest BCUT2D eigenvalue weighted by Crippen LogP contribution is -2.26. The number of nitrogens with one attached hydrogen (secondary N) is 1. The molecule has 0 bridgehead atoms. The predicted octanol–water partition coefficient (Wildman–Crippen LogP) is 5.97. The van der Waals surface area contributed by atoms with Crippen LogP contribution < -0.4 is 15.0 Å². The van der Waals surface area contributed by atoms with Crippen molar-refractivity contribution in [2.45, 2.75) is 77.7 Å². The topological polar surface area (TPSA) is 78.4 Å². The number of aromatic amines is 1. The number of rotatable bonds is 11. The predicted molar refractivity (Wildman–Crippen MR) is 134 cm³/mol. The van der Waals surface area contributed by atoms with Gasteiger partial charge in [0.25, 0.3) is 5.56 Å². The number of fused-ring (bicyclic) bond motifs is 1. The van der Waals surface area contributed by atoms with Crippen molar-refractivity contribution in [1.29, 1.82) is 0 Å². The van der Waals surface area contributed by atoms with Crippen molar-refractivity contribution < 1.29 is 23.0 Å². The highest BCUT2D eigenvalue weighted by atomic mass is 28.3. The Morgan fingerprint density at radius 3 is 2.57 bits per heavy atom. The number of nitrogens with zero attached hydrogens (tertiary/aromatic N) is 2. The smallest absolute Gasteiger partial charge is 0.387 e. The summed E-state index contributed by atoms with van der Waals surface area (Å²) in [7, 11) is -1.23. The third-order valence-corrected chi connectivity index (χ3v) is 7.60. The van der Waals surface area contributed by atoms with E-state index in [0.29, 0.717) is 17.5 Å². The molecule has 0 amide bonds. The monoisotopic (exact) mass is 505 g/mol. The van der Waals surface area contributed by atoms with Crippen LogP contribution in [0, 0.1) is 0 Å². The molecule has 0 aliphatic heterocycles. The first-order valence-corrected chi connectivity index (χ1v) is 15.7. The average Bonchev–Trinajstić information content (AvgIpc) is 3.48. The van der Waals surface area contributed by atoms with Gasteiger partial charge in [0.15, 0.2) is 11.5 Å². The van der Waals surface area contributed by atoms with Crippen LogP contribution in [0.3, 0.4) is 0 Å². The van der Waals surface area contributed by atoms with E-state index in [9.17, 15) is 13.6 Å². The summed E-state index contributed by atoms with van der Waals surface area (Å²) < 4.78 is 43.4. The number of aromatic nitrogens is 3. The molecule has 7 nitrogen and oxygen atoms in total. The molecule has 2 heterocycles. The van der Waals surface area contributed by atoms with Crippen LogP contribution in [0.4, 0.5) is 8.78 Å². The Balaban J connectivity index is 1.71. The maximum atomic E-state index is 13.4. The highest BCUT2D eigenvalue weighted by Crippen LogP contribution is 2.40. The standard InChI is InChI=1S/C25H33F2N3O4Si/c1-15(2)21-22-18(13-28-30(24(22)31)14-32-10-11-35(3,4)5)29-23(21)16-6-9-19(34-25(26)27)20(12-16)33-17-7-8-17/h6,9,12-13,15,17,25,29H,7-8,10-11,14H2,1-5H3. The zero-order valence-corrected chi connectivity index (χ0v) is 21.9. The Morgan fingerprint density at radius 1 is 1.20 bits per heavy atom. The second-order valence-electron chi connectivity index (χ2n) is 10.5. The highest BCUT2D eigenvalue weighted by Gasteiger charge is 2.27. The van der Waals surface area contributed by atoms with Gasteiger partial charge in [-0.2, -0.15) is 13.9 Å². The Hall–Kier alpha value is -2.72. The van der Waals surface area contributed by atoms with E-state index in [1.54, 1.807) is 18.3 Å². The van der Waals surface area contributed by atoms with E-state index < -0.39 is 14.7 Å². The first-order valence-electron chi connectivity index (χ1n) is 12.0. The van der Waals surface area contributed by atoms with Gasteiger partial charge in [0, 0.05) is 20.2 Å². The summed E-state index contributed by atoms with van der Waals surface area (Å²) in [6.45, 7) is 8.58. The molecule has 1 saturated carbocycles. The number of H-pyrrole nitrogens is 1. The van der Waals surface area contributed by atoms with E-state index in [4.69, 9.17) is 9.47 Å². The minimum absolute atomic E-state index is 0.00246. The SMILES string of the molecule is CC(C)c1c(-c2ccc(OC(F)F)c(OC3CC3)c2)[nH]c2cnn(COCC[Si](C)(C)C)c(=O)c12. The molecule has 0 atom stereocenters. The van der Waals surface area contributed by atoms with Crippen LogP contribution in [0.1, 0.15) is 38.2 Å². The molecule has 10 heteroatoms. The largest absolute Gasteiger partial charge is 0.487 e. The van der Waals surface area contributed by atoms with Crippen molar-refractivity contribution >= 4 is 19.0 Å². The Labute approximate surface area is 204 Å². The number of halogens is 2. The molecule has 1 aliphatic rings. The van der Waals surface area contributed by atoms with Crippen LogP contribution in [0.2, 0.25) is 25.7 Å². The molecule has 35 heavy (non-hydrogen) atoms. The second-order valence-corrected chi connectivity index (χ2v) is 16.1. The number of hydrogen-bond donors (Lipinski definition) is 1. The molecule has 1 N–H and O–H groups in total. The van der Waals surface area contributed by atoms with Gasteiger partial charge < -0.3 is 19.2 Å². The summed E-state index contributed by atoms with van der Waals surface area (Å²) in [5.74, 6) is 0.280. The van der Waals surface area contributed by atoms with E-state index in [2.05, 4.69) is 34.5 Å². The van der Waals surface area contributed by atoms with Crippen molar-refractivity contribution in [1.82, 2.24) is 14.8 Å². The number of ether oxygens (including phenoxy) is 3. The number of hydrogen-bond acceptors (Lipinski definition) is 5. The van der Waals surface area contributed by atoms with Crippen molar-refractivity contribution in [2.24, 2.45) is 0 Å². The minimum Gasteiger partial charge on any atom is -0.487 e. The van der Waals surface area contributed by atoms with Crippen molar-refractivity contribution in [3.05, 3.63) is 40.3 Å². The fourth-order valence-electron chi connectivity index (χ4n) is 3.91. The average molecular weight is 506 g/mol. The van der Waals surface area contributed by atoms with Crippen LogP contribution in [-0.4, -0.2) is 42.2 Å². The molecule has 190 valence electrons. The van der Waals surface area contributed by atoms with E-state index in [1.165, 1.54) is 10.7 Å². The van der Waals surface area contributed by atoms with Crippen molar-refractivity contribution in [2.75, 3.05) is 6.61 Å². The fourth-order valence-corrected chi connectivity index (χ4v) is 4.67. The zero-order valence-electron chi connectivity index (χ0n) is 20.9. The molecule has 3 aromatic rings. The molecule has 0 spiro atoms. The zero-order chi connectivity index (χ0) is 25.3. The molecule has 1 fully saturated rings. The molecule has 1 aromatic carbocycles. The maximum absolute atomic E-state index is 13.4. The van der Waals surface area contributed by atoms with Crippen LogP contribution in [-0.2, 0) is 11.5 Å². The van der Waals surface area contributed by atoms with Gasteiger partial charge in [-0.3, -0.25) is 4.79 Å². The number of benzene rings is 1. The lowest BCUT2D eigenvalue weighted by atomic mass is 9.96. The van der Waals surface area contributed by atoms with Crippen LogP contribution in [0.15, 0.2) is 29.2 Å².